The number of hydrogen-bond donors (Lipinski definition) is 1. The van der Waals surface area contributed by atoms with Gasteiger partial charge in [0, 0.05) is 13.1 Å². The van der Waals surface area contributed by atoms with Crippen molar-refractivity contribution < 1.29 is 19.4 Å². The molecular weight excluding hydrogens is 282 g/mol. The standard InChI is InChI=1S/C14H16ClNO4/c1-2-8-16(9-7-14(18)19)13(17)10-20-12-6-4-3-5-11(12)15/h2-6H,1,7-10H2,(H,18,19). The minimum absolute atomic E-state index is 0.117. The Labute approximate surface area is 122 Å². The molecule has 6 heteroatoms. The summed E-state index contributed by atoms with van der Waals surface area (Å²) >= 11 is 5.91. The molecule has 1 aromatic carbocycles. The second-order valence-electron chi connectivity index (χ2n) is 3.99. The van der Waals surface area contributed by atoms with Crippen LogP contribution < -0.4 is 4.74 Å². The first kappa shape index (κ1) is 16.0. The zero-order chi connectivity index (χ0) is 15.0. The Morgan fingerprint density at radius 2 is 2.10 bits per heavy atom. The summed E-state index contributed by atoms with van der Waals surface area (Å²) in [7, 11) is 0. The number of amides is 1. The SMILES string of the molecule is C=CCN(CCC(=O)O)C(=O)COc1ccccc1Cl. The average Bonchev–Trinajstić information content (AvgIpc) is 2.42. The van der Waals surface area contributed by atoms with E-state index < -0.39 is 5.97 Å². The van der Waals surface area contributed by atoms with Gasteiger partial charge in [-0.05, 0) is 12.1 Å². The van der Waals surface area contributed by atoms with E-state index in [1.54, 1.807) is 24.3 Å². The third-order valence-corrected chi connectivity index (χ3v) is 2.80. The summed E-state index contributed by atoms with van der Waals surface area (Å²) < 4.78 is 5.33. The molecule has 0 saturated carbocycles. The summed E-state index contributed by atoms with van der Waals surface area (Å²) in [5.74, 6) is -0.857. The summed E-state index contributed by atoms with van der Waals surface area (Å²) in [6.45, 7) is 3.73. The highest BCUT2D eigenvalue weighted by molar-refractivity contribution is 6.32. The highest BCUT2D eigenvalue weighted by Crippen LogP contribution is 2.22. The molecule has 5 nitrogen and oxygen atoms in total. The Bertz CT molecular complexity index is 490. The van der Waals surface area contributed by atoms with Crippen LogP contribution >= 0.6 is 11.6 Å². The molecule has 0 atom stereocenters. The predicted molar refractivity (Wildman–Crippen MR) is 76.0 cm³/mol. The highest BCUT2D eigenvalue weighted by atomic mass is 35.5. The van der Waals surface area contributed by atoms with E-state index in [1.807, 2.05) is 0 Å². The van der Waals surface area contributed by atoms with E-state index in [0.29, 0.717) is 10.8 Å². The number of para-hydroxylation sites is 1. The number of ether oxygens (including phenoxy) is 1. The van der Waals surface area contributed by atoms with Crippen LogP contribution in [0.15, 0.2) is 36.9 Å². The molecule has 0 aliphatic carbocycles. The second-order valence-corrected chi connectivity index (χ2v) is 4.40. The molecule has 0 spiro atoms. The maximum Gasteiger partial charge on any atom is 0.305 e. The first-order chi connectivity index (χ1) is 9.54. The third kappa shape index (κ3) is 5.32. The Morgan fingerprint density at radius 1 is 1.40 bits per heavy atom. The molecule has 0 aliphatic heterocycles. The largest absolute Gasteiger partial charge is 0.482 e. The molecule has 0 aliphatic rings. The lowest BCUT2D eigenvalue weighted by atomic mass is 10.3. The van der Waals surface area contributed by atoms with Crippen molar-refractivity contribution in [1.29, 1.82) is 0 Å². The van der Waals surface area contributed by atoms with Gasteiger partial charge in [-0.1, -0.05) is 29.8 Å². The Hall–Kier alpha value is -2.01. The number of carbonyl (C=O) groups is 2. The molecule has 1 amide bonds. The molecule has 0 saturated heterocycles. The van der Waals surface area contributed by atoms with Crippen molar-refractivity contribution in [3.8, 4) is 5.75 Å². The zero-order valence-electron chi connectivity index (χ0n) is 10.9. The van der Waals surface area contributed by atoms with E-state index in [2.05, 4.69) is 6.58 Å². The maximum atomic E-state index is 11.9. The number of rotatable bonds is 8. The van der Waals surface area contributed by atoms with Gasteiger partial charge in [0.05, 0.1) is 11.4 Å². The van der Waals surface area contributed by atoms with Crippen LogP contribution in [0.1, 0.15) is 6.42 Å². The fourth-order valence-corrected chi connectivity index (χ4v) is 1.69. The highest BCUT2D eigenvalue weighted by Gasteiger charge is 2.14. The van der Waals surface area contributed by atoms with Crippen molar-refractivity contribution in [1.82, 2.24) is 4.90 Å². The van der Waals surface area contributed by atoms with Crippen molar-refractivity contribution in [3.05, 3.63) is 41.9 Å². The van der Waals surface area contributed by atoms with Crippen LogP contribution in [0.4, 0.5) is 0 Å². The number of carboxylic acid groups (broad SMARTS) is 1. The van der Waals surface area contributed by atoms with Crippen LogP contribution in [-0.4, -0.2) is 41.6 Å². The molecule has 0 heterocycles. The Balaban J connectivity index is 2.55. The van der Waals surface area contributed by atoms with Gasteiger partial charge in [-0.25, -0.2) is 0 Å². The molecule has 1 aromatic rings. The van der Waals surface area contributed by atoms with Gasteiger partial charge in [0.25, 0.3) is 5.91 Å². The van der Waals surface area contributed by atoms with E-state index in [9.17, 15) is 9.59 Å². The van der Waals surface area contributed by atoms with Crippen LogP contribution in [0.2, 0.25) is 5.02 Å². The summed E-state index contributed by atoms with van der Waals surface area (Å²) in [6.07, 6.45) is 1.42. The van der Waals surface area contributed by atoms with Gasteiger partial charge in [-0.2, -0.15) is 0 Å². The van der Waals surface area contributed by atoms with Crippen LogP contribution in [0.3, 0.4) is 0 Å². The minimum Gasteiger partial charge on any atom is -0.482 e. The molecule has 108 valence electrons. The number of halogens is 1. The number of aliphatic carboxylic acids is 1. The summed E-state index contributed by atoms with van der Waals surface area (Å²) in [4.78, 5) is 23.9. The molecule has 0 fully saturated rings. The van der Waals surface area contributed by atoms with Gasteiger partial charge < -0.3 is 14.7 Å². The first-order valence-corrected chi connectivity index (χ1v) is 6.40. The molecule has 20 heavy (non-hydrogen) atoms. The Morgan fingerprint density at radius 3 is 2.70 bits per heavy atom. The lowest BCUT2D eigenvalue weighted by Gasteiger charge is -2.20. The lowest BCUT2D eigenvalue weighted by molar-refractivity contribution is -0.138. The minimum atomic E-state index is -0.959. The topological polar surface area (TPSA) is 66.8 Å². The van der Waals surface area contributed by atoms with E-state index in [1.165, 1.54) is 11.0 Å². The van der Waals surface area contributed by atoms with Gasteiger partial charge >= 0.3 is 5.97 Å². The molecule has 0 unspecified atom stereocenters. The van der Waals surface area contributed by atoms with Gasteiger partial charge in [0.2, 0.25) is 0 Å². The number of benzene rings is 1. The van der Waals surface area contributed by atoms with Crippen LogP contribution in [0, 0.1) is 0 Å². The second kappa shape index (κ2) is 8.22. The van der Waals surface area contributed by atoms with Gasteiger partial charge in [-0.15, -0.1) is 6.58 Å². The quantitative estimate of drug-likeness (QED) is 0.747. The maximum absolute atomic E-state index is 11.9. The van der Waals surface area contributed by atoms with Crippen LogP contribution in [0.5, 0.6) is 5.75 Å². The smallest absolute Gasteiger partial charge is 0.305 e. The molecule has 0 bridgehead atoms. The lowest BCUT2D eigenvalue weighted by Crippen LogP contribution is -2.36. The summed E-state index contributed by atoms with van der Waals surface area (Å²) in [5, 5.41) is 9.06. The summed E-state index contributed by atoms with van der Waals surface area (Å²) in [5.41, 5.74) is 0. The summed E-state index contributed by atoms with van der Waals surface area (Å²) in [6, 6.07) is 6.82. The normalized spacial score (nSPS) is 9.85. The van der Waals surface area contributed by atoms with Crippen molar-refractivity contribution >= 4 is 23.5 Å². The third-order valence-electron chi connectivity index (χ3n) is 2.49. The van der Waals surface area contributed by atoms with Crippen molar-refractivity contribution in [3.63, 3.8) is 0 Å². The van der Waals surface area contributed by atoms with E-state index in [-0.39, 0.29) is 32.0 Å². The van der Waals surface area contributed by atoms with E-state index >= 15 is 0 Å². The Kier molecular flexibility index (Phi) is 6.59. The van der Waals surface area contributed by atoms with Crippen molar-refractivity contribution in [2.75, 3.05) is 19.7 Å². The number of hydrogen-bond acceptors (Lipinski definition) is 3. The molecule has 0 radical (unpaired) electrons. The van der Waals surface area contributed by atoms with Gasteiger partial charge in [0.1, 0.15) is 5.75 Å². The van der Waals surface area contributed by atoms with Crippen molar-refractivity contribution in [2.24, 2.45) is 0 Å². The first-order valence-electron chi connectivity index (χ1n) is 6.02. The van der Waals surface area contributed by atoms with Gasteiger partial charge in [-0.3, -0.25) is 9.59 Å². The predicted octanol–water partition coefficient (Wildman–Crippen LogP) is 2.21. The van der Waals surface area contributed by atoms with Crippen LogP contribution in [0.25, 0.3) is 0 Å². The molecule has 1 N–H and O–H groups in total. The zero-order valence-corrected chi connectivity index (χ0v) is 11.7. The molecule has 0 aromatic heterocycles. The number of carboxylic acids is 1. The average molecular weight is 298 g/mol. The fourth-order valence-electron chi connectivity index (χ4n) is 1.50. The van der Waals surface area contributed by atoms with Crippen molar-refractivity contribution in [2.45, 2.75) is 6.42 Å². The van der Waals surface area contributed by atoms with E-state index in [4.69, 9.17) is 21.4 Å². The monoisotopic (exact) mass is 297 g/mol. The van der Waals surface area contributed by atoms with E-state index in [0.717, 1.165) is 0 Å². The number of nitrogens with zero attached hydrogens (tertiary/aromatic N) is 1. The van der Waals surface area contributed by atoms with Crippen LogP contribution in [-0.2, 0) is 9.59 Å². The van der Waals surface area contributed by atoms with Gasteiger partial charge in [0.15, 0.2) is 6.61 Å². The number of carbonyl (C=O) groups excluding carboxylic acids is 1. The fraction of sp³-hybridized carbons (Fsp3) is 0.286. The molecular formula is C14H16ClNO4. The molecule has 1 rings (SSSR count).